The van der Waals surface area contributed by atoms with Gasteiger partial charge in [0.2, 0.25) is 0 Å². The van der Waals surface area contributed by atoms with E-state index in [9.17, 15) is 0 Å². The molecule has 0 aromatic heterocycles. The Labute approximate surface area is 256 Å². The Morgan fingerprint density at radius 2 is 0.925 bits per heavy atom. The van der Waals surface area contributed by atoms with E-state index < -0.39 is 85.2 Å². The first kappa shape index (κ1) is 37.7. The van der Waals surface area contributed by atoms with Crippen molar-refractivity contribution < 1.29 is 37.3 Å². The predicted octanol–water partition coefficient (Wildman–Crippen LogP) is 2.81. The number of hydrogen-bond donors (Lipinski definition) is 0. The standard InChI is InChI=1S/C20H58N2O9Si9/c1-19(2,37(15)26-32(9)24-34(11)28-39(17,30-37)21(5)6)23-36(13,14)20(3,4)38(16)27-33(10)25-35(12)29-40(18,31-38)22(7)8/h32-35H,1-18H3. The lowest BCUT2D eigenvalue weighted by molar-refractivity contribution is 0.101. The molecule has 0 bridgehead atoms. The summed E-state index contributed by atoms with van der Waals surface area (Å²) in [6.07, 6.45) is 0. The first-order chi connectivity index (χ1) is 17.7. The smallest absolute Gasteiger partial charge is 0.406 e. The lowest BCUT2D eigenvalue weighted by Crippen LogP contribution is -2.75. The molecule has 8 atom stereocenters. The van der Waals surface area contributed by atoms with Gasteiger partial charge in [-0.1, -0.05) is 13.8 Å². The van der Waals surface area contributed by atoms with Gasteiger partial charge in [0.25, 0.3) is 18.6 Å². The zero-order valence-electron chi connectivity index (χ0n) is 28.4. The maximum Gasteiger partial charge on any atom is 0.406 e. The van der Waals surface area contributed by atoms with Crippen LogP contribution in [-0.2, 0) is 37.3 Å². The molecule has 0 radical (unpaired) electrons. The van der Waals surface area contributed by atoms with Gasteiger partial charge in [0.15, 0.2) is 8.32 Å². The largest absolute Gasteiger partial charge is 0.420 e. The fourth-order valence-electron chi connectivity index (χ4n) is 5.06. The van der Waals surface area contributed by atoms with Crippen LogP contribution in [0.15, 0.2) is 0 Å². The highest BCUT2D eigenvalue weighted by atomic mass is 28.5. The zero-order valence-corrected chi connectivity index (χ0v) is 38.0. The predicted molar refractivity (Wildman–Crippen MR) is 181 cm³/mol. The molecule has 238 valence electrons. The summed E-state index contributed by atoms with van der Waals surface area (Å²) in [7, 11) is -13.7. The van der Waals surface area contributed by atoms with Crippen molar-refractivity contribution in [2.45, 2.75) is 103 Å². The van der Waals surface area contributed by atoms with Crippen LogP contribution in [0, 0.1) is 0 Å². The van der Waals surface area contributed by atoms with Gasteiger partial charge in [-0.2, -0.15) is 0 Å². The Morgan fingerprint density at radius 3 is 1.30 bits per heavy atom. The second-order valence-corrected chi connectivity index (χ2v) is 42.2. The minimum Gasteiger partial charge on any atom is -0.420 e. The van der Waals surface area contributed by atoms with Crippen LogP contribution in [0.1, 0.15) is 27.7 Å². The van der Waals surface area contributed by atoms with Gasteiger partial charge in [0.1, 0.15) is 0 Å². The third kappa shape index (κ3) is 7.83. The van der Waals surface area contributed by atoms with Crippen molar-refractivity contribution in [1.82, 2.24) is 9.13 Å². The van der Waals surface area contributed by atoms with Crippen molar-refractivity contribution in [1.29, 1.82) is 0 Å². The minimum absolute atomic E-state index is 0.385. The van der Waals surface area contributed by atoms with Crippen LogP contribution < -0.4 is 0 Å². The lowest BCUT2D eigenvalue weighted by atomic mass is 10.5. The van der Waals surface area contributed by atoms with Gasteiger partial charge in [-0.25, -0.2) is 0 Å². The summed E-state index contributed by atoms with van der Waals surface area (Å²) in [6, 6.07) is 0. The van der Waals surface area contributed by atoms with Gasteiger partial charge in [-0.15, -0.1) is 0 Å². The van der Waals surface area contributed by atoms with Gasteiger partial charge in [0.05, 0.1) is 5.22 Å². The van der Waals surface area contributed by atoms with Crippen LogP contribution in [0.3, 0.4) is 0 Å². The van der Waals surface area contributed by atoms with E-state index in [-0.39, 0.29) is 4.66 Å². The van der Waals surface area contributed by atoms with Crippen LogP contribution in [0.5, 0.6) is 0 Å². The van der Waals surface area contributed by atoms with Crippen molar-refractivity contribution in [3.63, 3.8) is 0 Å². The molecule has 0 N–H and O–H groups in total. The van der Waals surface area contributed by atoms with Gasteiger partial charge >= 0.3 is 53.1 Å². The van der Waals surface area contributed by atoms with Crippen LogP contribution >= 0.6 is 0 Å². The molecule has 0 aromatic rings. The summed E-state index contributed by atoms with van der Waals surface area (Å²) in [6.45, 7) is 30.1. The fourth-order valence-corrected chi connectivity index (χ4v) is 46.6. The van der Waals surface area contributed by atoms with Crippen molar-refractivity contribution >= 4 is 80.0 Å². The number of nitrogens with zero attached hydrogens (tertiary/aromatic N) is 2. The lowest BCUT2D eigenvalue weighted by Gasteiger charge is -2.57. The Hall–Kier alpha value is 1.51. The van der Waals surface area contributed by atoms with Crippen molar-refractivity contribution in [3.8, 4) is 0 Å². The monoisotopic (exact) mass is 722 g/mol. The molecule has 0 spiro atoms. The molecule has 0 aliphatic carbocycles. The molecular weight excluding hydrogens is 665 g/mol. The Kier molecular flexibility index (Phi) is 12.0. The highest BCUT2D eigenvalue weighted by molar-refractivity contribution is 6.98. The number of hydrogen-bond acceptors (Lipinski definition) is 11. The quantitative estimate of drug-likeness (QED) is 0.364. The van der Waals surface area contributed by atoms with E-state index in [4.69, 9.17) is 37.3 Å². The zero-order chi connectivity index (χ0) is 31.3. The van der Waals surface area contributed by atoms with E-state index in [0.29, 0.717) is 0 Å². The molecule has 2 fully saturated rings. The summed E-state index contributed by atoms with van der Waals surface area (Å²) >= 11 is 0. The van der Waals surface area contributed by atoms with E-state index in [2.05, 4.69) is 102 Å². The molecule has 2 aliphatic heterocycles. The maximum atomic E-state index is 7.35. The summed E-state index contributed by atoms with van der Waals surface area (Å²) in [5, 5.41) is -0.702. The van der Waals surface area contributed by atoms with E-state index in [1.165, 1.54) is 0 Å². The summed E-state index contributed by atoms with van der Waals surface area (Å²) in [4.78, 5) is 0. The Bertz CT molecular complexity index is 894. The van der Waals surface area contributed by atoms with Crippen molar-refractivity contribution in [2.24, 2.45) is 0 Å². The average molecular weight is 723 g/mol. The van der Waals surface area contributed by atoms with Gasteiger partial charge in [-0.3, -0.25) is 9.13 Å². The molecule has 2 heterocycles. The summed E-state index contributed by atoms with van der Waals surface area (Å²) in [5.41, 5.74) is 0. The molecule has 20 heteroatoms. The fraction of sp³-hybridized carbons (Fsp3) is 1.00. The summed E-state index contributed by atoms with van der Waals surface area (Å²) < 4.78 is 65.0. The van der Waals surface area contributed by atoms with Gasteiger partial charge < -0.3 is 37.3 Å². The molecule has 11 nitrogen and oxygen atoms in total. The van der Waals surface area contributed by atoms with Gasteiger partial charge in [0, 0.05) is 4.66 Å². The van der Waals surface area contributed by atoms with Crippen LogP contribution in [-0.4, -0.2) is 123 Å². The first-order valence-electron chi connectivity index (χ1n) is 14.2. The molecule has 2 rings (SSSR count). The Morgan fingerprint density at radius 1 is 0.600 bits per heavy atom. The van der Waals surface area contributed by atoms with E-state index in [1.54, 1.807) is 0 Å². The molecule has 0 saturated carbocycles. The van der Waals surface area contributed by atoms with E-state index in [1.807, 2.05) is 28.2 Å². The SMILES string of the molecule is CN(C)[Si]1(C)O[SiH](C)O[SiH](C)O[Si](C)(C(C)(C)O[Si](C)(C)C(C)(C)[Si]2(C)O[SiH](C)O[SiH](C)O[Si](C)(N(C)C)O2)O1. The molecular formula is C20H58N2O9Si9. The second kappa shape index (κ2) is 12.7. The van der Waals surface area contributed by atoms with Gasteiger partial charge in [-0.05, 0) is 108 Å². The maximum absolute atomic E-state index is 7.35. The normalized spacial score (nSPS) is 41.4. The minimum atomic E-state index is -3.02. The van der Waals surface area contributed by atoms with Crippen molar-refractivity contribution in [2.75, 3.05) is 28.2 Å². The Balaban J connectivity index is 2.52. The molecule has 8 unspecified atom stereocenters. The summed E-state index contributed by atoms with van der Waals surface area (Å²) in [5.74, 6) is 0. The van der Waals surface area contributed by atoms with Crippen LogP contribution in [0.2, 0.25) is 70.1 Å². The highest BCUT2D eigenvalue weighted by Crippen LogP contribution is 2.51. The molecule has 2 saturated heterocycles. The second-order valence-electron chi connectivity index (χ2n) is 13.4. The van der Waals surface area contributed by atoms with E-state index >= 15 is 0 Å². The molecule has 0 aromatic carbocycles. The van der Waals surface area contributed by atoms with Crippen LogP contribution in [0.25, 0.3) is 0 Å². The third-order valence-corrected chi connectivity index (χ3v) is 48.9. The topological polar surface area (TPSA) is 89.6 Å². The third-order valence-electron chi connectivity index (χ3n) is 8.95. The molecule has 0 amide bonds. The average Bonchev–Trinajstić information content (AvgIpc) is 2.69. The number of rotatable bonds is 7. The highest BCUT2D eigenvalue weighted by Gasteiger charge is 2.66. The van der Waals surface area contributed by atoms with Crippen LogP contribution in [0.4, 0.5) is 0 Å². The molecule has 2 aliphatic rings. The molecule has 40 heavy (non-hydrogen) atoms. The first-order valence-corrected chi connectivity index (χ1v) is 34.7. The van der Waals surface area contributed by atoms with Crippen molar-refractivity contribution in [3.05, 3.63) is 0 Å². The van der Waals surface area contributed by atoms with E-state index in [0.717, 1.165) is 0 Å².